The summed E-state index contributed by atoms with van der Waals surface area (Å²) in [6.45, 7) is -0.611. The lowest BCUT2D eigenvalue weighted by Crippen LogP contribution is -2.33. The fourth-order valence-corrected chi connectivity index (χ4v) is 3.26. The molecule has 6 N–H and O–H groups in total. The molecule has 4 atom stereocenters. The van der Waals surface area contributed by atoms with E-state index in [2.05, 4.69) is 35.4 Å². The number of aliphatic hydroxyl groups is 2. The molecule has 3 heterocycles. The molecule has 1 aliphatic heterocycles. The molecule has 0 amide bonds. The Morgan fingerprint density at radius 3 is 2.75 bits per heavy atom. The van der Waals surface area contributed by atoms with Crippen molar-refractivity contribution in [3.05, 3.63) is 11.1 Å². The van der Waals surface area contributed by atoms with Gasteiger partial charge in [-0.1, -0.05) is 0 Å². The first kappa shape index (κ1) is 17.6. The van der Waals surface area contributed by atoms with Gasteiger partial charge in [-0.05, 0) is 15.9 Å². The van der Waals surface area contributed by atoms with Gasteiger partial charge in [-0.15, -0.1) is 0 Å². The Morgan fingerprint density at radius 1 is 1.38 bits per heavy atom. The van der Waals surface area contributed by atoms with E-state index in [9.17, 15) is 14.8 Å². The number of phosphoric ester groups is 1. The van der Waals surface area contributed by atoms with Crippen LogP contribution in [0.4, 0.5) is 5.82 Å². The van der Waals surface area contributed by atoms with Crippen LogP contribution in [0.5, 0.6) is 0 Å². The van der Waals surface area contributed by atoms with E-state index in [-0.39, 0.29) is 21.7 Å². The highest BCUT2D eigenvalue weighted by Crippen LogP contribution is 2.39. The van der Waals surface area contributed by atoms with Crippen LogP contribution in [0.1, 0.15) is 6.23 Å². The summed E-state index contributed by atoms with van der Waals surface area (Å²) < 4.78 is 22.1. The number of phosphoric acid groups is 1. The largest absolute Gasteiger partial charge is 0.469 e. The zero-order valence-corrected chi connectivity index (χ0v) is 14.3. The van der Waals surface area contributed by atoms with Crippen LogP contribution in [-0.4, -0.2) is 64.4 Å². The molecule has 0 aromatic carbocycles. The summed E-state index contributed by atoms with van der Waals surface area (Å²) in [6, 6.07) is 0. The molecule has 2 aromatic heterocycles. The number of aromatic nitrogens is 4. The second-order valence-corrected chi connectivity index (χ2v) is 6.96. The lowest BCUT2D eigenvalue weighted by Gasteiger charge is -2.17. The molecule has 24 heavy (non-hydrogen) atoms. The number of nitrogens with two attached hydrogens (primary N) is 1. The van der Waals surface area contributed by atoms with Crippen molar-refractivity contribution in [2.75, 3.05) is 12.3 Å². The molecule has 12 nitrogen and oxygen atoms in total. The van der Waals surface area contributed by atoms with Crippen LogP contribution in [0.3, 0.4) is 0 Å². The maximum atomic E-state index is 10.8. The van der Waals surface area contributed by atoms with E-state index in [1.165, 1.54) is 10.9 Å². The third kappa shape index (κ3) is 3.17. The van der Waals surface area contributed by atoms with Crippen molar-refractivity contribution < 1.29 is 33.8 Å². The SMILES string of the molecule is Nc1ncnc2c1nc(Br)n2[C@@H]1O[C@@H](COP(=O)(O)O)[C@H](O)[C@H]1O. The maximum absolute atomic E-state index is 10.8. The van der Waals surface area contributed by atoms with E-state index in [1.54, 1.807) is 0 Å². The van der Waals surface area contributed by atoms with Crippen molar-refractivity contribution >= 4 is 40.7 Å². The van der Waals surface area contributed by atoms with Crippen LogP contribution in [0.25, 0.3) is 11.2 Å². The molecular formula is C10H13BrN5O7P. The van der Waals surface area contributed by atoms with Crippen LogP contribution in [-0.2, 0) is 13.8 Å². The Kier molecular flexibility index (Phi) is 4.61. The van der Waals surface area contributed by atoms with Crippen molar-refractivity contribution in [3.63, 3.8) is 0 Å². The highest BCUT2D eigenvalue weighted by molar-refractivity contribution is 9.10. The average molecular weight is 426 g/mol. The van der Waals surface area contributed by atoms with E-state index in [0.717, 1.165) is 0 Å². The van der Waals surface area contributed by atoms with Gasteiger partial charge in [0.15, 0.2) is 27.9 Å². The number of fused-ring (bicyclic) bond motifs is 1. The molecule has 0 aliphatic carbocycles. The van der Waals surface area contributed by atoms with Gasteiger partial charge in [-0.2, -0.15) is 0 Å². The van der Waals surface area contributed by atoms with Crippen LogP contribution in [0, 0.1) is 0 Å². The van der Waals surface area contributed by atoms with E-state index < -0.39 is 39.0 Å². The van der Waals surface area contributed by atoms with E-state index in [1.807, 2.05) is 0 Å². The van der Waals surface area contributed by atoms with Crippen LogP contribution in [0.15, 0.2) is 11.1 Å². The lowest BCUT2D eigenvalue weighted by molar-refractivity contribution is -0.0514. The number of nitrogens with zero attached hydrogens (tertiary/aromatic N) is 4. The number of hydrogen-bond acceptors (Lipinski definition) is 9. The average Bonchev–Trinajstić information content (AvgIpc) is 2.96. The zero-order valence-electron chi connectivity index (χ0n) is 11.8. The molecule has 14 heteroatoms. The molecule has 1 aliphatic rings. The predicted molar refractivity (Wildman–Crippen MR) is 81.4 cm³/mol. The summed E-state index contributed by atoms with van der Waals surface area (Å²) in [4.78, 5) is 29.4. The normalized spacial score (nSPS) is 27.9. The lowest BCUT2D eigenvalue weighted by atomic mass is 10.1. The maximum Gasteiger partial charge on any atom is 0.469 e. The third-order valence-corrected chi connectivity index (χ3v) is 4.51. The smallest absolute Gasteiger partial charge is 0.387 e. The van der Waals surface area contributed by atoms with Crippen LogP contribution < -0.4 is 5.73 Å². The second kappa shape index (κ2) is 6.28. The molecule has 1 fully saturated rings. The monoisotopic (exact) mass is 425 g/mol. The van der Waals surface area contributed by atoms with Gasteiger partial charge in [0.1, 0.15) is 24.6 Å². The summed E-state index contributed by atoms with van der Waals surface area (Å²) in [5, 5.41) is 20.2. The van der Waals surface area contributed by atoms with Crippen molar-refractivity contribution in [1.29, 1.82) is 0 Å². The first-order valence-corrected chi connectivity index (χ1v) is 8.87. The van der Waals surface area contributed by atoms with Crippen molar-refractivity contribution in [1.82, 2.24) is 19.5 Å². The molecule has 132 valence electrons. The summed E-state index contributed by atoms with van der Waals surface area (Å²) in [5.74, 6) is 0.119. The number of ether oxygens (including phenoxy) is 1. The number of imidazole rings is 1. The Balaban J connectivity index is 1.92. The van der Waals surface area contributed by atoms with Crippen LogP contribution >= 0.6 is 23.8 Å². The Morgan fingerprint density at radius 2 is 2.08 bits per heavy atom. The standard InChI is InChI=1S/C10H13BrN5O7P/c11-10-15-4-7(12)13-2-14-8(4)16(10)9-6(18)5(17)3(23-9)1-22-24(19,20)21/h2-3,5-6,9,17-18H,1H2,(H2,12,13,14)(H2,19,20,21)/t3-,5-,6+,9+/m0/s1. The first-order valence-electron chi connectivity index (χ1n) is 6.54. The Bertz CT molecular complexity index is 812. The van der Waals surface area contributed by atoms with E-state index in [4.69, 9.17) is 20.3 Å². The van der Waals surface area contributed by atoms with Gasteiger partial charge in [0.2, 0.25) is 0 Å². The summed E-state index contributed by atoms with van der Waals surface area (Å²) in [7, 11) is -4.74. The van der Waals surface area contributed by atoms with Crippen molar-refractivity contribution in [2.24, 2.45) is 0 Å². The van der Waals surface area contributed by atoms with E-state index in [0.29, 0.717) is 0 Å². The van der Waals surface area contributed by atoms with E-state index >= 15 is 0 Å². The molecule has 1 saturated heterocycles. The number of rotatable bonds is 4. The number of aliphatic hydroxyl groups excluding tert-OH is 2. The molecular weight excluding hydrogens is 413 g/mol. The van der Waals surface area contributed by atoms with Gasteiger partial charge in [0.05, 0.1) is 6.61 Å². The topological polar surface area (TPSA) is 186 Å². The molecule has 3 rings (SSSR count). The predicted octanol–water partition coefficient (Wildman–Crippen LogP) is -1.10. The molecule has 0 radical (unpaired) electrons. The number of anilines is 1. The molecule has 0 unspecified atom stereocenters. The highest BCUT2D eigenvalue weighted by Gasteiger charge is 2.45. The second-order valence-electron chi connectivity index (χ2n) is 5.01. The Labute approximate surface area is 142 Å². The fraction of sp³-hybridized carbons (Fsp3) is 0.500. The summed E-state index contributed by atoms with van der Waals surface area (Å²) in [6.07, 6.45) is -3.94. The number of halogens is 1. The Hall–Kier alpha value is -1.18. The van der Waals surface area contributed by atoms with Gasteiger partial charge >= 0.3 is 7.82 Å². The van der Waals surface area contributed by atoms with Crippen LogP contribution in [0.2, 0.25) is 0 Å². The molecule has 0 saturated carbocycles. The molecule has 0 bridgehead atoms. The minimum atomic E-state index is -4.74. The zero-order chi connectivity index (χ0) is 17.6. The number of hydrogen-bond donors (Lipinski definition) is 5. The first-order chi connectivity index (χ1) is 11.2. The summed E-state index contributed by atoms with van der Waals surface area (Å²) >= 11 is 3.19. The van der Waals surface area contributed by atoms with Gasteiger partial charge in [-0.25, -0.2) is 19.5 Å². The van der Waals surface area contributed by atoms with Gasteiger partial charge in [-0.3, -0.25) is 9.09 Å². The third-order valence-electron chi connectivity index (χ3n) is 3.46. The molecule has 0 spiro atoms. The van der Waals surface area contributed by atoms with Gasteiger partial charge < -0.3 is 30.5 Å². The van der Waals surface area contributed by atoms with Crippen molar-refractivity contribution in [2.45, 2.75) is 24.5 Å². The minimum absolute atomic E-state index is 0.119. The highest BCUT2D eigenvalue weighted by atomic mass is 79.9. The van der Waals surface area contributed by atoms with Crippen molar-refractivity contribution in [3.8, 4) is 0 Å². The van der Waals surface area contributed by atoms with Gasteiger partial charge in [0.25, 0.3) is 0 Å². The fourth-order valence-electron chi connectivity index (χ4n) is 2.38. The molecule has 2 aromatic rings. The minimum Gasteiger partial charge on any atom is -0.387 e. The summed E-state index contributed by atoms with van der Waals surface area (Å²) in [5.41, 5.74) is 6.23. The van der Waals surface area contributed by atoms with Gasteiger partial charge in [0, 0.05) is 0 Å². The number of nitrogen functional groups attached to an aromatic ring is 1. The quantitative estimate of drug-likeness (QED) is 0.295.